The molecule has 0 aliphatic rings. The van der Waals surface area contributed by atoms with Gasteiger partial charge in [0, 0.05) is 0 Å². The van der Waals surface area contributed by atoms with Crippen LogP contribution in [0.3, 0.4) is 0 Å². The van der Waals surface area contributed by atoms with Crippen molar-refractivity contribution in [1.82, 2.24) is 20.2 Å². The van der Waals surface area contributed by atoms with E-state index in [1.165, 1.54) is 10.7 Å². The van der Waals surface area contributed by atoms with E-state index in [0.29, 0.717) is 5.82 Å². The Hall–Kier alpha value is -3.59. The molecule has 0 radical (unpaired) electrons. The molecule has 8 nitrogen and oxygen atoms in total. The zero-order valence-corrected chi connectivity index (χ0v) is 15.9. The first-order chi connectivity index (χ1) is 13.9. The van der Waals surface area contributed by atoms with Crippen LogP contribution in [0.4, 0.5) is 10.1 Å². The number of halogens is 2. The lowest BCUT2D eigenvalue weighted by Crippen LogP contribution is -2.23. The van der Waals surface area contributed by atoms with E-state index in [1.807, 2.05) is 6.07 Å². The molecule has 0 saturated carbocycles. The molecule has 10 heteroatoms. The number of amides is 1. The van der Waals surface area contributed by atoms with Crippen molar-refractivity contribution in [3.05, 3.63) is 70.8 Å². The number of esters is 1. The summed E-state index contributed by atoms with van der Waals surface area (Å²) in [5.74, 6) is -1.61. The van der Waals surface area contributed by atoms with Crippen LogP contribution in [-0.4, -0.2) is 38.7 Å². The zero-order chi connectivity index (χ0) is 20.8. The second-order valence-electron chi connectivity index (χ2n) is 5.83. The topological polar surface area (TPSA) is 99.0 Å². The van der Waals surface area contributed by atoms with Crippen molar-refractivity contribution in [3.63, 3.8) is 0 Å². The number of hydrogen-bond donors (Lipinski definition) is 1. The molecule has 0 bridgehead atoms. The summed E-state index contributed by atoms with van der Waals surface area (Å²) in [6, 6.07) is 12.5. The van der Waals surface area contributed by atoms with E-state index >= 15 is 0 Å². The molecule has 0 aliphatic carbocycles. The highest BCUT2D eigenvalue weighted by Crippen LogP contribution is 2.22. The number of ether oxygens (including phenoxy) is 1. The fourth-order valence-corrected chi connectivity index (χ4v) is 2.56. The minimum Gasteiger partial charge on any atom is -0.451 e. The van der Waals surface area contributed by atoms with E-state index in [-0.39, 0.29) is 16.4 Å². The second kappa shape index (κ2) is 9.07. The van der Waals surface area contributed by atoms with Gasteiger partial charge in [0.25, 0.3) is 5.91 Å². The van der Waals surface area contributed by atoms with Gasteiger partial charge in [-0.15, -0.1) is 5.10 Å². The first kappa shape index (κ1) is 20.2. The van der Waals surface area contributed by atoms with Crippen LogP contribution in [0.15, 0.2) is 48.5 Å². The molecule has 3 aromatic rings. The quantitative estimate of drug-likeness (QED) is 0.491. The molecule has 1 heterocycles. The van der Waals surface area contributed by atoms with E-state index < -0.39 is 24.3 Å². The van der Waals surface area contributed by atoms with Crippen molar-refractivity contribution < 1.29 is 18.7 Å². The maximum absolute atomic E-state index is 13.1. The van der Waals surface area contributed by atoms with Crippen molar-refractivity contribution in [2.75, 3.05) is 11.9 Å². The Morgan fingerprint density at radius 1 is 1.24 bits per heavy atom. The fraction of sp³-hybridized carbons (Fsp3) is 0.105. The van der Waals surface area contributed by atoms with Gasteiger partial charge in [0.2, 0.25) is 0 Å². The Kier molecular flexibility index (Phi) is 6.30. The standard InChI is InChI=1S/C19H15ClFN5O3/c1-12-23-24-25-26(12)17(9-13-5-3-2-4-6-13)19(28)29-11-18(27)22-16-8-7-14(21)10-15(16)20/h2-10H,11H2,1H3,(H,22,27)/b17-9-. The van der Waals surface area contributed by atoms with Crippen LogP contribution in [0, 0.1) is 12.7 Å². The summed E-state index contributed by atoms with van der Waals surface area (Å²) in [5, 5.41) is 13.5. The van der Waals surface area contributed by atoms with Crippen LogP contribution in [0.2, 0.25) is 5.02 Å². The zero-order valence-electron chi connectivity index (χ0n) is 15.2. The normalized spacial score (nSPS) is 11.2. The molecular formula is C19H15ClFN5O3. The van der Waals surface area contributed by atoms with Gasteiger partial charge >= 0.3 is 5.97 Å². The number of hydrogen-bond acceptors (Lipinski definition) is 6. The number of nitrogens with zero attached hydrogens (tertiary/aromatic N) is 4. The van der Waals surface area contributed by atoms with Gasteiger partial charge in [-0.05, 0) is 47.2 Å². The second-order valence-corrected chi connectivity index (χ2v) is 6.23. The van der Waals surface area contributed by atoms with Crippen molar-refractivity contribution >= 4 is 40.9 Å². The number of nitrogens with one attached hydrogen (secondary N) is 1. The minimum absolute atomic E-state index is 0.0265. The molecule has 0 aliphatic heterocycles. The van der Waals surface area contributed by atoms with E-state index in [9.17, 15) is 14.0 Å². The first-order valence-electron chi connectivity index (χ1n) is 8.38. The molecule has 0 unspecified atom stereocenters. The average molecular weight is 416 g/mol. The van der Waals surface area contributed by atoms with Gasteiger partial charge in [-0.3, -0.25) is 4.79 Å². The number of aromatic nitrogens is 4. The summed E-state index contributed by atoms with van der Waals surface area (Å²) in [6.07, 6.45) is 1.54. The van der Waals surface area contributed by atoms with E-state index in [4.69, 9.17) is 16.3 Å². The maximum Gasteiger partial charge on any atom is 0.357 e. The Bertz CT molecular complexity index is 1070. The Balaban J connectivity index is 1.73. The molecule has 148 valence electrons. The molecule has 1 N–H and O–H groups in total. The molecule has 29 heavy (non-hydrogen) atoms. The molecule has 0 saturated heterocycles. The van der Waals surface area contributed by atoms with Crippen molar-refractivity contribution in [3.8, 4) is 0 Å². The van der Waals surface area contributed by atoms with Gasteiger partial charge in [0.05, 0.1) is 10.7 Å². The molecule has 1 amide bonds. The van der Waals surface area contributed by atoms with Gasteiger partial charge < -0.3 is 10.1 Å². The van der Waals surface area contributed by atoms with E-state index in [2.05, 4.69) is 20.8 Å². The third-order valence-corrected chi connectivity index (χ3v) is 4.02. The fourth-order valence-electron chi connectivity index (χ4n) is 2.35. The molecule has 2 aromatic carbocycles. The molecule has 3 rings (SSSR count). The number of rotatable bonds is 6. The van der Waals surface area contributed by atoms with Crippen molar-refractivity contribution in [2.45, 2.75) is 6.92 Å². The predicted molar refractivity (Wildman–Crippen MR) is 104 cm³/mol. The first-order valence-corrected chi connectivity index (χ1v) is 8.76. The Morgan fingerprint density at radius 2 is 2.00 bits per heavy atom. The lowest BCUT2D eigenvalue weighted by Gasteiger charge is -2.10. The number of carbonyl (C=O) groups is 2. The van der Waals surface area contributed by atoms with Crippen LogP contribution in [0.5, 0.6) is 0 Å². The Morgan fingerprint density at radius 3 is 2.66 bits per heavy atom. The summed E-state index contributed by atoms with van der Waals surface area (Å²) in [5.41, 5.74) is 0.952. The van der Waals surface area contributed by atoms with Crippen LogP contribution in [-0.2, 0) is 14.3 Å². The van der Waals surface area contributed by atoms with E-state index in [1.54, 1.807) is 37.3 Å². The minimum atomic E-state index is -0.801. The smallest absolute Gasteiger partial charge is 0.357 e. The molecule has 0 fully saturated rings. The van der Waals surface area contributed by atoms with Crippen LogP contribution >= 0.6 is 11.6 Å². The van der Waals surface area contributed by atoms with Gasteiger partial charge in [0.15, 0.2) is 18.1 Å². The Labute approximate surface area is 169 Å². The average Bonchev–Trinajstić information content (AvgIpc) is 3.13. The lowest BCUT2D eigenvalue weighted by atomic mass is 10.2. The summed E-state index contributed by atoms with van der Waals surface area (Å²) in [6.45, 7) is 1.04. The highest BCUT2D eigenvalue weighted by molar-refractivity contribution is 6.33. The van der Waals surface area contributed by atoms with Gasteiger partial charge in [0.1, 0.15) is 5.82 Å². The summed E-state index contributed by atoms with van der Waals surface area (Å²) < 4.78 is 19.4. The van der Waals surface area contributed by atoms with Crippen molar-refractivity contribution in [1.29, 1.82) is 0 Å². The monoisotopic (exact) mass is 415 g/mol. The number of carbonyl (C=O) groups excluding carboxylic acids is 2. The molecule has 0 spiro atoms. The summed E-state index contributed by atoms with van der Waals surface area (Å²) in [4.78, 5) is 24.7. The van der Waals surface area contributed by atoms with E-state index in [0.717, 1.165) is 17.7 Å². The largest absolute Gasteiger partial charge is 0.451 e. The number of aryl methyl sites for hydroxylation is 1. The molecular weight excluding hydrogens is 401 g/mol. The number of anilines is 1. The lowest BCUT2D eigenvalue weighted by molar-refractivity contribution is -0.141. The number of benzene rings is 2. The highest BCUT2D eigenvalue weighted by atomic mass is 35.5. The molecule has 1 aromatic heterocycles. The maximum atomic E-state index is 13.1. The third kappa shape index (κ3) is 5.23. The van der Waals surface area contributed by atoms with Crippen LogP contribution < -0.4 is 5.32 Å². The van der Waals surface area contributed by atoms with Gasteiger partial charge in [-0.1, -0.05) is 41.9 Å². The summed E-state index contributed by atoms with van der Waals surface area (Å²) >= 11 is 5.86. The van der Waals surface area contributed by atoms with Crippen LogP contribution in [0.1, 0.15) is 11.4 Å². The van der Waals surface area contributed by atoms with Gasteiger partial charge in [-0.2, -0.15) is 4.68 Å². The summed E-state index contributed by atoms with van der Waals surface area (Å²) in [7, 11) is 0. The van der Waals surface area contributed by atoms with Gasteiger partial charge in [-0.25, -0.2) is 9.18 Å². The van der Waals surface area contributed by atoms with Crippen LogP contribution in [0.25, 0.3) is 11.8 Å². The molecule has 0 atom stereocenters. The SMILES string of the molecule is Cc1nnnn1/C(=C\c1ccccc1)C(=O)OCC(=O)Nc1ccc(F)cc1Cl. The number of tetrazole rings is 1. The highest BCUT2D eigenvalue weighted by Gasteiger charge is 2.19. The van der Waals surface area contributed by atoms with Crippen molar-refractivity contribution in [2.24, 2.45) is 0 Å². The third-order valence-electron chi connectivity index (χ3n) is 3.71. The predicted octanol–water partition coefficient (Wildman–Crippen LogP) is 2.95.